The number of rotatable bonds is 2. The second kappa shape index (κ2) is 4.49. The molecule has 0 amide bonds. The zero-order chi connectivity index (χ0) is 11.5. The Labute approximate surface area is 101 Å². The van der Waals surface area contributed by atoms with Gasteiger partial charge in [-0.1, -0.05) is 12.1 Å². The molecule has 4 nitrogen and oxygen atoms in total. The molecule has 0 aliphatic rings. The van der Waals surface area contributed by atoms with E-state index in [0.29, 0.717) is 11.6 Å². The van der Waals surface area contributed by atoms with Crippen LogP contribution in [0.3, 0.4) is 0 Å². The Morgan fingerprint density at radius 1 is 1.25 bits per heavy atom. The largest absolute Gasteiger partial charge is 0.508 e. The number of aromatic nitrogens is 2. The topological polar surface area (TPSA) is 55.2 Å². The van der Waals surface area contributed by atoms with Crippen LogP contribution in [0.5, 0.6) is 11.6 Å². The maximum atomic E-state index is 9.36. The minimum Gasteiger partial charge on any atom is -0.508 e. The molecule has 82 valence electrons. The van der Waals surface area contributed by atoms with E-state index in [1.807, 2.05) is 6.07 Å². The van der Waals surface area contributed by atoms with E-state index in [0.717, 1.165) is 10.0 Å². The highest BCUT2D eigenvalue weighted by Crippen LogP contribution is 2.27. The molecule has 0 bridgehead atoms. The fraction of sp³-hybridized carbons (Fsp3) is 0.0909. The van der Waals surface area contributed by atoms with Crippen LogP contribution in [0.15, 0.2) is 34.8 Å². The number of phenolic OH excluding ortho intramolecular Hbond substituents is 1. The van der Waals surface area contributed by atoms with Crippen LogP contribution in [-0.4, -0.2) is 22.4 Å². The molecule has 1 heterocycles. The van der Waals surface area contributed by atoms with E-state index in [9.17, 15) is 5.11 Å². The Hall–Kier alpha value is -1.62. The normalized spacial score (nSPS) is 10.1. The van der Waals surface area contributed by atoms with Gasteiger partial charge in [0.1, 0.15) is 5.75 Å². The molecule has 0 unspecified atom stereocenters. The third-order valence-corrected chi connectivity index (χ3v) is 2.62. The van der Waals surface area contributed by atoms with Crippen molar-refractivity contribution in [3.63, 3.8) is 0 Å². The van der Waals surface area contributed by atoms with Crippen molar-refractivity contribution >= 4 is 15.9 Å². The Kier molecular flexibility index (Phi) is 3.05. The van der Waals surface area contributed by atoms with Crippen LogP contribution in [0.4, 0.5) is 0 Å². The van der Waals surface area contributed by atoms with Crippen molar-refractivity contribution in [2.24, 2.45) is 0 Å². The Morgan fingerprint density at radius 2 is 2.06 bits per heavy atom. The van der Waals surface area contributed by atoms with Gasteiger partial charge in [0.25, 0.3) is 0 Å². The molecule has 0 atom stereocenters. The fourth-order valence-electron chi connectivity index (χ4n) is 1.30. The first-order valence-electron chi connectivity index (χ1n) is 4.57. The number of phenols is 1. The Bertz CT molecular complexity index is 517. The van der Waals surface area contributed by atoms with Gasteiger partial charge in [0, 0.05) is 5.56 Å². The van der Waals surface area contributed by atoms with Gasteiger partial charge in [0.2, 0.25) is 5.88 Å². The van der Waals surface area contributed by atoms with Gasteiger partial charge in [-0.25, -0.2) is 0 Å². The third kappa shape index (κ3) is 2.14. The lowest BCUT2D eigenvalue weighted by Crippen LogP contribution is -1.93. The summed E-state index contributed by atoms with van der Waals surface area (Å²) in [5.74, 6) is 0.634. The molecule has 1 aromatic heterocycles. The number of halogens is 1. The molecular weight excluding hydrogens is 272 g/mol. The van der Waals surface area contributed by atoms with Crippen LogP contribution in [-0.2, 0) is 0 Å². The van der Waals surface area contributed by atoms with Crippen molar-refractivity contribution < 1.29 is 9.84 Å². The standard InChI is InChI=1S/C11H9BrN2O2/c1-16-11-9(12)6-10(13-14-11)7-3-2-4-8(15)5-7/h2-6,15H,1H3. The van der Waals surface area contributed by atoms with Crippen molar-refractivity contribution in [3.8, 4) is 22.9 Å². The molecule has 1 aromatic carbocycles. The van der Waals surface area contributed by atoms with Crippen LogP contribution in [0.1, 0.15) is 0 Å². The lowest BCUT2D eigenvalue weighted by molar-refractivity contribution is 0.389. The highest BCUT2D eigenvalue weighted by molar-refractivity contribution is 9.10. The molecule has 16 heavy (non-hydrogen) atoms. The Morgan fingerprint density at radius 3 is 2.69 bits per heavy atom. The quantitative estimate of drug-likeness (QED) is 0.919. The molecule has 1 N–H and O–H groups in total. The molecular formula is C11H9BrN2O2. The van der Waals surface area contributed by atoms with Crippen LogP contribution >= 0.6 is 15.9 Å². The first-order chi connectivity index (χ1) is 7.70. The number of nitrogens with zero attached hydrogens (tertiary/aromatic N) is 2. The summed E-state index contributed by atoms with van der Waals surface area (Å²) in [6.45, 7) is 0. The van der Waals surface area contributed by atoms with Crippen molar-refractivity contribution in [2.75, 3.05) is 7.11 Å². The average Bonchev–Trinajstić information content (AvgIpc) is 2.29. The van der Waals surface area contributed by atoms with Gasteiger partial charge < -0.3 is 9.84 Å². The summed E-state index contributed by atoms with van der Waals surface area (Å²) in [5, 5.41) is 17.3. The first-order valence-corrected chi connectivity index (χ1v) is 5.36. The summed E-state index contributed by atoms with van der Waals surface area (Å²) < 4.78 is 5.72. The third-order valence-electron chi connectivity index (χ3n) is 2.05. The predicted molar refractivity (Wildman–Crippen MR) is 63.4 cm³/mol. The second-order valence-electron chi connectivity index (χ2n) is 3.14. The van der Waals surface area contributed by atoms with Crippen molar-refractivity contribution in [1.29, 1.82) is 0 Å². The molecule has 0 aliphatic carbocycles. The molecule has 0 spiro atoms. The van der Waals surface area contributed by atoms with Crippen molar-refractivity contribution in [3.05, 3.63) is 34.8 Å². The van der Waals surface area contributed by atoms with Gasteiger partial charge in [-0.15, -0.1) is 10.2 Å². The fourth-order valence-corrected chi connectivity index (χ4v) is 1.76. The molecule has 0 saturated carbocycles. The molecule has 2 aromatic rings. The average molecular weight is 281 g/mol. The van der Waals surface area contributed by atoms with Crippen molar-refractivity contribution in [1.82, 2.24) is 10.2 Å². The van der Waals surface area contributed by atoms with Gasteiger partial charge >= 0.3 is 0 Å². The summed E-state index contributed by atoms with van der Waals surface area (Å²) in [6, 6.07) is 8.63. The van der Waals surface area contributed by atoms with E-state index in [4.69, 9.17) is 4.74 Å². The predicted octanol–water partition coefficient (Wildman–Crippen LogP) is 2.62. The minimum atomic E-state index is 0.200. The van der Waals surface area contributed by atoms with Crippen LogP contribution < -0.4 is 4.74 Å². The molecule has 0 fully saturated rings. The number of hydrogen-bond acceptors (Lipinski definition) is 4. The Balaban J connectivity index is 2.45. The summed E-state index contributed by atoms with van der Waals surface area (Å²) in [5.41, 5.74) is 1.47. The highest BCUT2D eigenvalue weighted by atomic mass is 79.9. The number of ether oxygens (including phenoxy) is 1. The minimum absolute atomic E-state index is 0.200. The number of methoxy groups -OCH3 is 1. The maximum absolute atomic E-state index is 9.36. The van der Waals surface area contributed by atoms with Crippen LogP contribution in [0, 0.1) is 0 Å². The van der Waals surface area contributed by atoms with Crippen molar-refractivity contribution in [2.45, 2.75) is 0 Å². The SMILES string of the molecule is COc1nnc(-c2cccc(O)c2)cc1Br. The van der Waals surface area contributed by atoms with Gasteiger partial charge in [-0.3, -0.25) is 0 Å². The second-order valence-corrected chi connectivity index (χ2v) is 3.99. The first kappa shape index (κ1) is 10.9. The molecule has 0 saturated heterocycles. The van der Waals surface area contributed by atoms with Gasteiger partial charge in [-0.2, -0.15) is 0 Å². The van der Waals surface area contributed by atoms with Gasteiger partial charge in [0.15, 0.2) is 0 Å². The number of hydrogen-bond donors (Lipinski definition) is 1. The van der Waals surface area contributed by atoms with E-state index in [2.05, 4.69) is 26.1 Å². The highest BCUT2D eigenvalue weighted by Gasteiger charge is 2.06. The smallest absolute Gasteiger partial charge is 0.247 e. The van der Waals surface area contributed by atoms with E-state index in [1.165, 1.54) is 7.11 Å². The number of benzene rings is 1. The van der Waals surface area contributed by atoms with E-state index >= 15 is 0 Å². The zero-order valence-corrected chi connectivity index (χ0v) is 10.1. The van der Waals surface area contributed by atoms with Gasteiger partial charge in [0.05, 0.1) is 17.3 Å². The molecule has 2 rings (SSSR count). The zero-order valence-electron chi connectivity index (χ0n) is 8.51. The monoisotopic (exact) mass is 280 g/mol. The molecule has 0 aliphatic heterocycles. The summed E-state index contributed by atoms with van der Waals surface area (Å²) >= 11 is 3.33. The maximum Gasteiger partial charge on any atom is 0.247 e. The molecule has 0 radical (unpaired) electrons. The molecule has 5 heteroatoms. The van der Waals surface area contributed by atoms with E-state index in [-0.39, 0.29) is 5.75 Å². The lowest BCUT2D eigenvalue weighted by atomic mass is 10.1. The summed E-state index contributed by atoms with van der Waals surface area (Å²) in [7, 11) is 1.53. The van der Waals surface area contributed by atoms with Crippen LogP contribution in [0.25, 0.3) is 11.3 Å². The summed E-state index contributed by atoms with van der Waals surface area (Å²) in [4.78, 5) is 0. The van der Waals surface area contributed by atoms with Gasteiger partial charge in [-0.05, 0) is 34.1 Å². The number of aromatic hydroxyl groups is 1. The van der Waals surface area contributed by atoms with Crippen LogP contribution in [0.2, 0.25) is 0 Å². The van der Waals surface area contributed by atoms with E-state index < -0.39 is 0 Å². The van der Waals surface area contributed by atoms with E-state index in [1.54, 1.807) is 24.3 Å². The lowest BCUT2D eigenvalue weighted by Gasteiger charge is -2.04. The summed E-state index contributed by atoms with van der Waals surface area (Å²) in [6.07, 6.45) is 0.